The van der Waals surface area contributed by atoms with Gasteiger partial charge in [0.15, 0.2) is 6.29 Å². The summed E-state index contributed by atoms with van der Waals surface area (Å²) < 4.78 is 23.0. The molecule has 31 heavy (non-hydrogen) atoms. The molecule has 0 bridgehead atoms. The highest BCUT2D eigenvalue weighted by Crippen LogP contribution is 2.29. The quantitative estimate of drug-likeness (QED) is 0.234. The standard InChI is InChI=1S/C26H42O5/c1-7-19(2)22-10-14-24(15-11-22)30-20(3)28-16-17-29-23-12-8-21(9-13-23)18-25(27)31-26(4,5)6/h10-11,14-15,19-21,23H,7-9,12-13,16-18H2,1-6H3. The molecule has 1 aromatic rings. The summed E-state index contributed by atoms with van der Waals surface area (Å²) in [7, 11) is 0. The van der Waals surface area contributed by atoms with Gasteiger partial charge in [-0.1, -0.05) is 26.0 Å². The molecule has 1 aromatic carbocycles. The highest BCUT2D eigenvalue weighted by molar-refractivity contribution is 5.70. The topological polar surface area (TPSA) is 54.0 Å². The number of benzene rings is 1. The maximum absolute atomic E-state index is 12.0. The van der Waals surface area contributed by atoms with E-state index in [2.05, 4.69) is 26.0 Å². The van der Waals surface area contributed by atoms with Crippen LogP contribution in [0, 0.1) is 5.92 Å². The summed E-state index contributed by atoms with van der Waals surface area (Å²) in [6.07, 6.45) is 5.58. The molecule has 2 rings (SSSR count). The SMILES string of the molecule is CCC(C)c1ccc(OC(C)OCCOC2CCC(CC(=O)OC(C)(C)C)CC2)cc1. The maximum Gasteiger partial charge on any atom is 0.306 e. The van der Waals surface area contributed by atoms with Crippen LogP contribution in [0.15, 0.2) is 24.3 Å². The van der Waals surface area contributed by atoms with Gasteiger partial charge in [0.1, 0.15) is 11.4 Å². The molecule has 0 aliphatic heterocycles. The smallest absolute Gasteiger partial charge is 0.306 e. The van der Waals surface area contributed by atoms with E-state index < -0.39 is 5.60 Å². The van der Waals surface area contributed by atoms with Gasteiger partial charge in [-0.2, -0.15) is 0 Å². The van der Waals surface area contributed by atoms with E-state index in [1.54, 1.807) is 0 Å². The molecule has 1 saturated carbocycles. The Morgan fingerprint density at radius 3 is 2.26 bits per heavy atom. The first-order valence-electron chi connectivity index (χ1n) is 11.9. The van der Waals surface area contributed by atoms with Gasteiger partial charge >= 0.3 is 5.97 Å². The van der Waals surface area contributed by atoms with Gasteiger partial charge in [0.25, 0.3) is 0 Å². The van der Waals surface area contributed by atoms with Crippen molar-refractivity contribution < 1.29 is 23.7 Å². The van der Waals surface area contributed by atoms with Crippen LogP contribution in [0.1, 0.15) is 91.5 Å². The summed E-state index contributed by atoms with van der Waals surface area (Å²) in [4.78, 5) is 12.0. The molecule has 0 radical (unpaired) electrons. The van der Waals surface area contributed by atoms with Crippen LogP contribution in [0.25, 0.3) is 0 Å². The molecule has 2 unspecified atom stereocenters. The third-order valence-corrected chi connectivity index (χ3v) is 5.82. The molecule has 0 aromatic heterocycles. The molecule has 5 nitrogen and oxygen atoms in total. The number of esters is 1. The van der Waals surface area contributed by atoms with Crippen LogP contribution in [-0.2, 0) is 19.0 Å². The van der Waals surface area contributed by atoms with Crippen LogP contribution in [0.5, 0.6) is 5.75 Å². The average molecular weight is 435 g/mol. The molecular weight excluding hydrogens is 392 g/mol. The van der Waals surface area contributed by atoms with Crippen LogP contribution < -0.4 is 4.74 Å². The van der Waals surface area contributed by atoms with Gasteiger partial charge in [-0.25, -0.2) is 0 Å². The first-order chi connectivity index (χ1) is 14.7. The molecule has 5 heteroatoms. The fourth-order valence-electron chi connectivity index (χ4n) is 3.89. The minimum absolute atomic E-state index is 0.0891. The van der Waals surface area contributed by atoms with Gasteiger partial charge in [-0.15, -0.1) is 0 Å². The summed E-state index contributed by atoms with van der Waals surface area (Å²) in [6, 6.07) is 8.26. The second-order valence-corrected chi connectivity index (χ2v) is 9.74. The summed E-state index contributed by atoms with van der Waals surface area (Å²) in [5.74, 6) is 1.70. The summed E-state index contributed by atoms with van der Waals surface area (Å²) in [6.45, 7) is 13.1. The highest BCUT2D eigenvalue weighted by atomic mass is 16.7. The van der Waals surface area contributed by atoms with Gasteiger partial charge in [-0.05, 0) is 89.3 Å². The zero-order valence-corrected chi connectivity index (χ0v) is 20.3. The number of ether oxygens (including phenoxy) is 4. The second-order valence-electron chi connectivity index (χ2n) is 9.74. The highest BCUT2D eigenvalue weighted by Gasteiger charge is 2.25. The van der Waals surface area contributed by atoms with Crippen molar-refractivity contribution >= 4 is 5.97 Å². The lowest BCUT2D eigenvalue weighted by molar-refractivity contribution is -0.156. The van der Waals surface area contributed by atoms with Crippen LogP contribution in [0.2, 0.25) is 0 Å². The van der Waals surface area contributed by atoms with Crippen molar-refractivity contribution in [2.75, 3.05) is 13.2 Å². The van der Waals surface area contributed by atoms with E-state index in [1.165, 1.54) is 5.56 Å². The third-order valence-electron chi connectivity index (χ3n) is 5.82. The van der Waals surface area contributed by atoms with Gasteiger partial charge in [0.05, 0.1) is 19.3 Å². The second kappa shape index (κ2) is 12.4. The van der Waals surface area contributed by atoms with Gasteiger partial charge < -0.3 is 18.9 Å². The number of carbonyl (C=O) groups excluding carboxylic acids is 1. The lowest BCUT2D eigenvalue weighted by Crippen LogP contribution is -2.28. The average Bonchev–Trinajstić information content (AvgIpc) is 2.71. The fraction of sp³-hybridized carbons (Fsp3) is 0.731. The van der Waals surface area contributed by atoms with E-state index in [0.29, 0.717) is 31.5 Å². The predicted molar refractivity (Wildman–Crippen MR) is 123 cm³/mol. The third kappa shape index (κ3) is 10.0. The van der Waals surface area contributed by atoms with Crippen LogP contribution in [0.4, 0.5) is 0 Å². The molecular formula is C26H42O5. The van der Waals surface area contributed by atoms with Gasteiger partial charge in [0, 0.05) is 6.42 Å². The van der Waals surface area contributed by atoms with Crippen LogP contribution >= 0.6 is 0 Å². The van der Waals surface area contributed by atoms with Crippen LogP contribution in [-0.4, -0.2) is 37.2 Å². The van der Waals surface area contributed by atoms with Crippen molar-refractivity contribution in [3.63, 3.8) is 0 Å². The fourth-order valence-corrected chi connectivity index (χ4v) is 3.89. The first-order valence-corrected chi connectivity index (χ1v) is 11.9. The summed E-state index contributed by atoms with van der Waals surface area (Å²) in [5, 5.41) is 0. The Bertz CT molecular complexity index is 641. The summed E-state index contributed by atoms with van der Waals surface area (Å²) in [5.41, 5.74) is 0.924. The maximum atomic E-state index is 12.0. The number of carbonyl (C=O) groups is 1. The molecule has 0 N–H and O–H groups in total. The van der Waals surface area contributed by atoms with E-state index in [1.807, 2.05) is 39.8 Å². The molecule has 0 spiro atoms. The number of hydrogen-bond acceptors (Lipinski definition) is 5. The number of rotatable bonds is 11. The molecule has 2 atom stereocenters. The molecule has 1 aliphatic rings. The molecule has 0 amide bonds. The van der Waals surface area contributed by atoms with E-state index in [9.17, 15) is 4.79 Å². The summed E-state index contributed by atoms with van der Waals surface area (Å²) >= 11 is 0. The van der Waals surface area contributed by atoms with E-state index in [-0.39, 0.29) is 18.4 Å². The van der Waals surface area contributed by atoms with Gasteiger partial charge in [0.2, 0.25) is 0 Å². The Morgan fingerprint density at radius 1 is 1.03 bits per heavy atom. The van der Waals surface area contributed by atoms with Crippen LogP contribution in [0.3, 0.4) is 0 Å². The Kier molecular flexibility index (Phi) is 10.3. The normalized spacial score (nSPS) is 21.4. The lowest BCUT2D eigenvalue weighted by atomic mass is 9.85. The molecule has 0 saturated heterocycles. The Hall–Kier alpha value is -1.59. The molecule has 176 valence electrons. The van der Waals surface area contributed by atoms with E-state index in [4.69, 9.17) is 18.9 Å². The Balaban J connectivity index is 1.57. The van der Waals surface area contributed by atoms with E-state index >= 15 is 0 Å². The number of hydrogen-bond donors (Lipinski definition) is 0. The monoisotopic (exact) mass is 434 g/mol. The zero-order chi connectivity index (χ0) is 22.9. The van der Waals surface area contributed by atoms with E-state index in [0.717, 1.165) is 37.9 Å². The minimum atomic E-state index is -0.407. The van der Waals surface area contributed by atoms with Crippen molar-refractivity contribution in [3.8, 4) is 5.75 Å². The van der Waals surface area contributed by atoms with Crippen molar-refractivity contribution in [2.45, 2.75) is 104 Å². The Morgan fingerprint density at radius 2 is 1.68 bits per heavy atom. The largest absolute Gasteiger partial charge is 0.465 e. The van der Waals surface area contributed by atoms with Crippen molar-refractivity contribution in [3.05, 3.63) is 29.8 Å². The molecule has 0 heterocycles. The zero-order valence-electron chi connectivity index (χ0n) is 20.3. The Labute approximate surface area is 188 Å². The minimum Gasteiger partial charge on any atom is -0.465 e. The van der Waals surface area contributed by atoms with Crippen molar-refractivity contribution in [1.82, 2.24) is 0 Å². The van der Waals surface area contributed by atoms with Gasteiger partial charge in [-0.3, -0.25) is 4.79 Å². The molecule has 1 aliphatic carbocycles. The lowest BCUT2D eigenvalue weighted by Gasteiger charge is -2.29. The molecule has 1 fully saturated rings. The predicted octanol–water partition coefficient (Wildman–Crippen LogP) is 6.25. The van der Waals surface area contributed by atoms with Crippen molar-refractivity contribution in [1.29, 1.82) is 0 Å². The van der Waals surface area contributed by atoms with Crippen molar-refractivity contribution in [2.24, 2.45) is 5.92 Å². The first kappa shape index (κ1) is 25.7.